The van der Waals surface area contributed by atoms with Crippen LogP contribution in [0, 0.1) is 5.82 Å². The van der Waals surface area contributed by atoms with Crippen molar-refractivity contribution >= 4 is 29.6 Å². The number of carbonyl (C=O) groups is 2. The molecule has 0 bridgehead atoms. The van der Waals surface area contributed by atoms with Crippen LogP contribution >= 0.6 is 11.5 Å². The van der Waals surface area contributed by atoms with Crippen molar-refractivity contribution in [1.29, 1.82) is 0 Å². The van der Waals surface area contributed by atoms with E-state index in [4.69, 9.17) is 4.74 Å². The molecule has 2 saturated heterocycles. The standard InChI is InChI=1S/C25H26FN5O3S/c1-29-10-12-31(13-11-29)25(33)34-22-19(16-32)14-18(15-21(22)26)24-27-23(28-35-24)17-4-6-20(7-5-17)30-8-2-3-9-30/h4-7,14-16H,2-3,8-13H2,1H3. The van der Waals surface area contributed by atoms with Gasteiger partial charge in [0.15, 0.2) is 23.7 Å². The molecule has 35 heavy (non-hydrogen) atoms. The van der Waals surface area contributed by atoms with E-state index >= 15 is 0 Å². The summed E-state index contributed by atoms with van der Waals surface area (Å²) in [7, 11) is 1.97. The highest BCUT2D eigenvalue weighted by atomic mass is 32.1. The van der Waals surface area contributed by atoms with E-state index in [1.807, 2.05) is 19.2 Å². The summed E-state index contributed by atoms with van der Waals surface area (Å²) in [5.74, 6) is -0.620. The van der Waals surface area contributed by atoms with Gasteiger partial charge in [-0.15, -0.1) is 0 Å². The van der Waals surface area contributed by atoms with Gasteiger partial charge in [-0.25, -0.2) is 14.2 Å². The number of aromatic nitrogens is 2. The quantitative estimate of drug-likeness (QED) is 0.492. The van der Waals surface area contributed by atoms with Gasteiger partial charge in [-0.1, -0.05) is 0 Å². The molecule has 3 heterocycles. The predicted octanol–water partition coefficient (Wildman–Crippen LogP) is 4.17. The van der Waals surface area contributed by atoms with E-state index in [-0.39, 0.29) is 11.3 Å². The van der Waals surface area contributed by atoms with Crippen molar-refractivity contribution in [2.24, 2.45) is 0 Å². The van der Waals surface area contributed by atoms with E-state index in [1.165, 1.54) is 35.6 Å². The molecule has 0 N–H and O–H groups in total. The molecule has 1 aromatic heterocycles. The maximum atomic E-state index is 15.0. The number of piperazine rings is 1. The zero-order valence-corrected chi connectivity index (χ0v) is 20.3. The number of rotatable bonds is 5. The highest BCUT2D eigenvalue weighted by molar-refractivity contribution is 7.09. The molecule has 0 radical (unpaired) electrons. The first-order valence-corrected chi connectivity index (χ1v) is 12.4. The van der Waals surface area contributed by atoms with Gasteiger partial charge in [0.2, 0.25) is 0 Å². The molecule has 8 nitrogen and oxygen atoms in total. The summed E-state index contributed by atoms with van der Waals surface area (Å²) >= 11 is 1.12. The number of carbonyl (C=O) groups excluding carboxylic acids is 2. The van der Waals surface area contributed by atoms with Gasteiger partial charge in [-0.3, -0.25) is 4.79 Å². The van der Waals surface area contributed by atoms with Crippen LogP contribution in [0.4, 0.5) is 14.9 Å². The molecule has 0 aliphatic carbocycles. The second-order valence-electron chi connectivity index (χ2n) is 8.82. The average Bonchev–Trinajstić information content (AvgIpc) is 3.58. The van der Waals surface area contributed by atoms with E-state index in [9.17, 15) is 14.0 Å². The Bertz CT molecular complexity index is 1220. The van der Waals surface area contributed by atoms with Crippen molar-refractivity contribution in [3.8, 4) is 27.7 Å². The second-order valence-corrected chi connectivity index (χ2v) is 9.57. The lowest BCUT2D eigenvalue weighted by atomic mass is 10.1. The second kappa shape index (κ2) is 10.1. The minimum absolute atomic E-state index is 0.0470. The Balaban J connectivity index is 1.34. The van der Waals surface area contributed by atoms with Crippen LogP contribution in [-0.2, 0) is 0 Å². The number of hydrogen-bond donors (Lipinski definition) is 0. The smallest absolute Gasteiger partial charge is 0.406 e. The number of halogens is 1. The molecule has 0 atom stereocenters. The molecule has 182 valence electrons. The topological polar surface area (TPSA) is 78.9 Å². The number of likely N-dealkylation sites (N-methyl/N-ethyl adjacent to an activating group) is 1. The molecule has 1 amide bonds. The fourth-order valence-electron chi connectivity index (χ4n) is 4.33. The third-order valence-electron chi connectivity index (χ3n) is 6.42. The number of aldehydes is 1. The van der Waals surface area contributed by atoms with Crippen molar-refractivity contribution in [1.82, 2.24) is 19.2 Å². The Morgan fingerprint density at radius 3 is 2.43 bits per heavy atom. The summed E-state index contributed by atoms with van der Waals surface area (Å²) in [6.07, 6.45) is 2.25. The Morgan fingerprint density at radius 1 is 1.03 bits per heavy atom. The zero-order valence-electron chi connectivity index (χ0n) is 19.4. The molecule has 2 fully saturated rings. The molecule has 0 unspecified atom stereocenters. The normalized spacial score (nSPS) is 16.5. The molecule has 2 aliphatic rings. The lowest BCUT2D eigenvalue weighted by molar-refractivity contribution is 0.110. The third-order valence-corrected chi connectivity index (χ3v) is 7.18. The molecule has 2 aromatic carbocycles. The Labute approximate surface area is 207 Å². The van der Waals surface area contributed by atoms with E-state index < -0.39 is 11.9 Å². The summed E-state index contributed by atoms with van der Waals surface area (Å²) in [6.45, 7) is 4.53. The van der Waals surface area contributed by atoms with Gasteiger partial charge in [-0.2, -0.15) is 4.37 Å². The maximum absolute atomic E-state index is 15.0. The lowest BCUT2D eigenvalue weighted by Gasteiger charge is -2.31. The molecule has 10 heteroatoms. The molecule has 0 saturated carbocycles. The molecule has 0 spiro atoms. The van der Waals surface area contributed by atoms with Gasteiger partial charge in [0.25, 0.3) is 0 Å². The summed E-state index contributed by atoms with van der Waals surface area (Å²) in [5.41, 5.74) is 2.40. The van der Waals surface area contributed by atoms with Gasteiger partial charge in [0.05, 0.1) is 5.56 Å². The van der Waals surface area contributed by atoms with Gasteiger partial charge in [0.1, 0.15) is 5.01 Å². The van der Waals surface area contributed by atoms with E-state index in [0.717, 1.165) is 30.2 Å². The molecule has 5 rings (SSSR count). The van der Waals surface area contributed by atoms with Crippen molar-refractivity contribution in [3.63, 3.8) is 0 Å². The molecule has 3 aromatic rings. The van der Waals surface area contributed by atoms with Crippen LogP contribution in [0.3, 0.4) is 0 Å². The van der Waals surface area contributed by atoms with Gasteiger partial charge < -0.3 is 19.4 Å². The number of amides is 1. The third kappa shape index (κ3) is 5.03. The van der Waals surface area contributed by atoms with Crippen LogP contribution in [0.5, 0.6) is 5.75 Å². The van der Waals surface area contributed by atoms with Crippen molar-refractivity contribution in [2.45, 2.75) is 12.8 Å². The Kier molecular flexibility index (Phi) is 6.74. The zero-order chi connectivity index (χ0) is 24.4. The van der Waals surface area contributed by atoms with Crippen molar-refractivity contribution in [2.75, 3.05) is 51.2 Å². The monoisotopic (exact) mass is 495 g/mol. The summed E-state index contributed by atoms with van der Waals surface area (Å²) < 4.78 is 24.7. The van der Waals surface area contributed by atoms with E-state index in [1.54, 1.807) is 0 Å². The fraction of sp³-hybridized carbons (Fsp3) is 0.360. The van der Waals surface area contributed by atoms with Crippen LogP contribution in [0.1, 0.15) is 23.2 Å². The van der Waals surface area contributed by atoms with Gasteiger partial charge in [-0.05, 0) is 67.8 Å². The number of nitrogens with zero attached hydrogens (tertiary/aromatic N) is 5. The van der Waals surface area contributed by atoms with Crippen molar-refractivity contribution in [3.05, 3.63) is 47.8 Å². The number of hydrogen-bond acceptors (Lipinski definition) is 8. The predicted molar refractivity (Wildman–Crippen MR) is 133 cm³/mol. The highest BCUT2D eigenvalue weighted by Gasteiger charge is 2.24. The summed E-state index contributed by atoms with van der Waals surface area (Å²) in [4.78, 5) is 34.7. The van der Waals surface area contributed by atoms with Gasteiger partial charge >= 0.3 is 6.09 Å². The lowest BCUT2D eigenvalue weighted by Crippen LogP contribution is -2.48. The Morgan fingerprint density at radius 2 is 1.74 bits per heavy atom. The van der Waals surface area contributed by atoms with Crippen LogP contribution in [0.2, 0.25) is 0 Å². The SMILES string of the molecule is CN1CCN(C(=O)Oc2c(F)cc(-c3nc(-c4ccc(N5CCCC5)cc4)ns3)cc2C=O)CC1. The van der Waals surface area contributed by atoms with Crippen LogP contribution in [-0.4, -0.2) is 77.9 Å². The number of benzene rings is 2. The number of ether oxygens (including phenoxy) is 1. The largest absolute Gasteiger partial charge is 0.415 e. The maximum Gasteiger partial charge on any atom is 0.415 e. The van der Waals surface area contributed by atoms with Crippen LogP contribution in [0.25, 0.3) is 22.0 Å². The fourth-order valence-corrected chi connectivity index (χ4v) is 5.00. The summed E-state index contributed by atoms with van der Waals surface area (Å²) in [5, 5.41) is 0.475. The van der Waals surface area contributed by atoms with Crippen molar-refractivity contribution < 1.29 is 18.7 Å². The van der Waals surface area contributed by atoms with E-state index in [0.29, 0.717) is 48.9 Å². The minimum atomic E-state index is -0.793. The highest BCUT2D eigenvalue weighted by Crippen LogP contribution is 2.32. The minimum Gasteiger partial charge on any atom is -0.406 e. The first kappa shape index (κ1) is 23.4. The number of anilines is 1. The van der Waals surface area contributed by atoms with E-state index in [2.05, 4.69) is 31.3 Å². The molecular formula is C25H26FN5O3S. The average molecular weight is 496 g/mol. The first-order valence-electron chi connectivity index (χ1n) is 11.7. The summed E-state index contributed by atoms with van der Waals surface area (Å²) in [6, 6.07) is 10.8. The Hall–Kier alpha value is -3.37. The van der Waals surface area contributed by atoms with Gasteiger partial charge in [0, 0.05) is 56.1 Å². The van der Waals surface area contributed by atoms with Crippen LogP contribution < -0.4 is 9.64 Å². The first-order chi connectivity index (χ1) is 17.0. The molecule has 2 aliphatic heterocycles. The molecular weight excluding hydrogens is 469 g/mol. The van der Waals surface area contributed by atoms with Crippen LogP contribution in [0.15, 0.2) is 36.4 Å².